The topological polar surface area (TPSA) is 74.7 Å². The van der Waals surface area contributed by atoms with Gasteiger partial charge in [-0.1, -0.05) is 0 Å². The number of piperidine rings is 1. The van der Waals surface area contributed by atoms with Crippen LogP contribution in [-0.4, -0.2) is 79.1 Å². The molecule has 0 bridgehead atoms. The van der Waals surface area contributed by atoms with Gasteiger partial charge in [-0.15, -0.1) is 0 Å². The molecule has 186 valence electrons. The van der Waals surface area contributed by atoms with Crippen LogP contribution in [0.5, 0.6) is 0 Å². The maximum Gasteiger partial charge on any atom is 0.251 e. The van der Waals surface area contributed by atoms with Gasteiger partial charge >= 0.3 is 0 Å². The standard InChI is InChI=1S/C26H40N6O2/c1-4-32-21(3)25(20(2)29-32)19-28-23-9-12-31(13-10-23)24-7-5-22(6-8-24)26(33)27-11-14-30-15-17-34-18-16-30/h5-8,23,28H,4,9-19H2,1-3H3,(H,27,33). The van der Waals surface area contributed by atoms with Crippen molar-refractivity contribution in [2.24, 2.45) is 0 Å². The Bertz CT molecular complexity index is 928. The number of hydrogen-bond donors (Lipinski definition) is 2. The van der Waals surface area contributed by atoms with E-state index in [-0.39, 0.29) is 5.91 Å². The number of aromatic nitrogens is 2. The lowest BCUT2D eigenvalue weighted by Gasteiger charge is -2.34. The molecule has 0 spiro atoms. The number of rotatable bonds is 9. The first-order valence-corrected chi connectivity index (χ1v) is 12.7. The molecule has 8 heteroatoms. The predicted octanol–water partition coefficient (Wildman–Crippen LogP) is 2.34. The van der Waals surface area contributed by atoms with E-state index in [0.717, 1.165) is 83.1 Å². The van der Waals surface area contributed by atoms with Crippen LogP contribution in [0.15, 0.2) is 24.3 Å². The fourth-order valence-electron chi connectivity index (χ4n) is 4.96. The molecule has 4 rings (SSSR count). The third-order valence-electron chi connectivity index (χ3n) is 7.21. The molecular formula is C26H40N6O2. The number of aryl methyl sites for hydroxylation is 2. The van der Waals surface area contributed by atoms with Crippen molar-refractivity contribution in [3.8, 4) is 0 Å². The lowest BCUT2D eigenvalue weighted by Crippen LogP contribution is -2.42. The Labute approximate surface area is 203 Å². The maximum absolute atomic E-state index is 12.5. The molecule has 0 atom stereocenters. The van der Waals surface area contributed by atoms with Crippen molar-refractivity contribution in [1.29, 1.82) is 0 Å². The first kappa shape index (κ1) is 24.7. The highest BCUT2D eigenvalue weighted by molar-refractivity contribution is 5.94. The number of carbonyl (C=O) groups is 1. The summed E-state index contributed by atoms with van der Waals surface area (Å²) >= 11 is 0. The van der Waals surface area contributed by atoms with Crippen LogP contribution in [0.4, 0.5) is 5.69 Å². The summed E-state index contributed by atoms with van der Waals surface area (Å²) in [7, 11) is 0. The van der Waals surface area contributed by atoms with Gasteiger partial charge in [0.1, 0.15) is 0 Å². The Kier molecular flexibility index (Phi) is 8.59. The fraction of sp³-hybridized carbons (Fsp3) is 0.615. The molecule has 2 aliphatic rings. The van der Waals surface area contributed by atoms with Gasteiger partial charge in [-0.3, -0.25) is 14.4 Å². The minimum Gasteiger partial charge on any atom is -0.379 e. The quantitative estimate of drug-likeness (QED) is 0.589. The molecule has 34 heavy (non-hydrogen) atoms. The number of nitrogens with zero attached hydrogens (tertiary/aromatic N) is 4. The van der Waals surface area contributed by atoms with Gasteiger partial charge in [0.05, 0.1) is 18.9 Å². The number of benzene rings is 1. The van der Waals surface area contributed by atoms with Crippen molar-refractivity contribution in [2.45, 2.75) is 52.7 Å². The highest BCUT2D eigenvalue weighted by Gasteiger charge is 2.20. The van der Waals surface area contributed by atoms with Gasteiger partial charge in [-0.2, -0.15) is 5.10 Å². The van der Waals surface area contributed by atoms with Crippen molar-refractivity contribution < 1.29 is 9.53 Å². The second-order valence-corrected chi connectivity index (χ2v) is 9.36. The second kappa shape index (κ2) is 11.8. The Morgan fingerprint density at radius 2 is 1.79 bits per heavy atom. The molecule has 1 aromatic carbocycles. The summed E-state index contributed by atoms with van der Waals surface area (Å²) in [5, 5.41) is 11.4. The van der Waals surface area contributed by atoms with Gasteiger partial charge in [0.15, 0.2) is 0 Å². The van der Waals surface area contributed by atoms with Crippen LogP contribution in [0, 0.1) is 13.8 Å². The van der Waals surface area contributed by atoms with E-state index in [4.69, 9.17) is 4.74 Å². The van der Waals surface area contributed by atoms with E-state index < -0.39 is 0 Å². The van der Waals surface area contributed by atoms with Gasteiger partial charge in [0, 0.05) is 80.9 Å². The van der Waals surface area contributed by atoms with E-state index >= 15 is 0 Å². The highest BCUT2D eigenvalue weighted by Crippen LogP contribution is 2.21. The van der Waals surface area contributed by atoms with Crippen molar-refractivity contribution in [2.75, 3.05) is 57.4 Å². The summed E-state index contributed by atoms with van der Waals surface area (Å²) in [6.07, 6.45) is 2.23. The molecule has 0 saturated carbocycles. The average molecular weight is 469 g/mol. The SMILES string of the molecule is CCn1nc(C)c(CNC2CCN(c3ccc(C(=O)NCCN4CCOCC4)cc3)CC2)c1C. The number of amides is 1. The predicted molar refractivity (Wildman–Crippen MR) is 135 cm³/mol. The van der Waals surface area contributed by atoms with Crippen molar-refractivity contribution in [3.63, 3.8) is 0 Å². The van der Waals surface area contributed by atoms with Crippen molar-refractivity contribution in [1.82, 2.24) is 25.3 Å². The lowest BCUT2D eigenvalue weighted by atomic mass is 10.0. The number of carbonyl (C=O) groups excluding carboxylic acids is 1. The molecule has 2 N–H and O–H groups in total. The first-order valence-electron chi connectivity index (χ1n) is 12.7. The zero-order valence-electron chi connectivity index (χ0n) is 21.0. The smallest absolute Gasteiger partial charge is 0.251 e. The maximum atomic E-state index is 12.5. The normalized spacial score (nSPS) is 17.8. The molecule has 2 saturated heterocycles. The number of morpholine rings is 1. The van der Waals surface area contributed by atoms with E-state index in [1.54, 1.807) is 0 Å². The van der Waals surface area contributed by atoms with E-state index in [9.17, 15) is 4.79 Å². The summed E-state index contributed by atoms with van der Waals surface area (Å²) in [4.78, 5) is 17.2. The van der Waals surface area contributed by atoms with Crippen LogP contribution in [0.3, 0.4) is 0 Å². The third kappa shape index (κ3) is 6.17. The fourth-order valence-corrected chi connectivity index (χ4v) is 4.96. The molecule has 8 nitrogen and oxygen atoms in total. The molecule has 3 heterocycles. The molecule has 2 aromatic rings. The number of nitrogens with one attached hydrogen (secondary N) is 2. The zero-order chi connectivity index (χ0) is 23.9. The summed E-state index contributed by atoms with van der Waals surface area (Å²) in [6, 6.07) is 8.57. The Morgan fingerprint density at radius 3 is 2.44 bits per heavy atom. The summed E-state index contributed by atoms with van der Waals surface area (Å²) in [5.74, 6) is -0.000278. The lowest BCUT2D eigenvalue weighted by molar-refractivity contribution is 0.0383. The van der Waals surface area contributed by atoms with Gasteiger partial charge in [-0.05, 0) is 57.9 Å². The second-order valence-electron chi connectivity index (χ2n) is 9.36. The van der Waals surface area contributed by atoms with Crippen LogP contribution in [-0.2, 0) is 17.8 Å². The van der Waals surface area contributed by atoms with Crippen LogP contribution in [0.2, 0.25) is 0 Å². The summed E-state index contributed by atoms with van der Waals surface area (Å²) in [6.45, 7) is 15.2. The first-order chi connectivity index (χ1) is 16.5. The Morgan fingerprint density at radius 1 is 1.09 bits per heavy atom. The van der Waals surface area contributed by atoms with Gasteiger partial charge in [0.25, 0.3) is 5.91 Å². The molecule has 1 amide bonds. The molecule has 0 radical (unpaired) electrons. The van der Waals surface area contributed by atoms with Crippen LogP contribution >= 0.6 is 0 Å². The molecule has 2 fully saturated rings. The van der Waals surface area contributed by atoms with Crippen LogP contribution in [0.1, 0.15) is 47.1 Å². The van der Waals surface area contributed by atoms with E-state index in [1.807, 2.05) is 12.1 Å². The summed E-state index contributed by atoms with van der Waals surface area (Å²) in [5.41, 5.74) is 5.66. The monoisotopic (exact) mass is 468 g/mol. The van der Waals surface area contributed by atoms with Crippen LogP contribution in [0.25, 0.3) is 0 Å². The largest absolute Gasteiger partial charge is 0.379 e. The summed E-state index contributed by atoms with van der Waals surface area (Å²) < 4.78 is 7.45. The van der Waals surface area contributed by atoms with Gasteiger partial charge in [-0.25, -0.2) is 0 Å². The average Bonchev–Trinajstić information content (AvgIpc) is 3.16. The van der Waals surface area contributed by atoms with Crippen molar-refractivity contribution in [3.05, 3.63) is 46.8 Å². The number of anilines is 1. The molecule has 1 aromatic heterocycles. The minimum atomic E-state index is -0.000278. The van der Waals surface area contributed by atoms with Gasteiger partial charge < -0.3 is 20.3 Å². The van der Waals surface area contributed by atoms with Crippen LogP contribution < -0.4 is 15.5 Å². The van der Waals surface area contributed by atoms with Gasteiger partial charge in [0.2, 0.25) is 0 Å². The highest BCUT2D eigenvalue weighted by atomic mass is 16.5. The van der Waals surface area contributed by atoms with E-state index in [2.05, 4.69) is 63.1 Å². The number of ether oxygens (including phenoxy) is 1. The number of hydrogen-bond acceptors (Lipinski definition) is 6. The van der Waals surface area contributed by atoms with E-state index in [1.165, 1.54) is 16.9 Å². The Hall–Kier alpha value is -2.42. The van der Waals surface area contributed by atoms with E-state index in [0.29, 0.717) is 12.6 Å². The molecule has 2 aliphatic heterocycles. The molecule has 0 aliphatic carbocycles. The Balaban J connectivity index is 1.20. The third-order valence-corrected chi connectivity index (χ3v) is 7.21. The zero-order valence-corrected chi connectivity index (χ0v) is 21.0. The molecular weight excluding hydrogens is 428 g/mol. The molecule has 0 unspecified atom stereocenters. The minimum absolute atomic E-state index is 0.000278. The van der Waals surface area contributed by atoms with Crippen molar-refractivity contribution >= 4 is 11.6 Å².